The van der Waals surface area contributed by atoms with Gasteiger partial charge < -0.3 is 0 Å². The van der Waals surface area contributed by atoms with Gasteiger partial charge in [-0.1, -0.05) is 100 Å². The molecule has 0 bridgehead atoms. The second-order valence-corrected chi connectivity index (χ2v) is 9.33. The molecule has 0 N–H and O–H groups in total. The molecule has 126 valence electrons. The number of hydrogen-bond acceptors (Lipinski definition) is 0. The van der Waals surface area contributed by atoms with Crippen LogP contribution in [0.15, 0.2) is 24.3 Å². The Morgan fingerprint density at radius 3 is 1.82 bits per heavy atom. The quantitative estimate of drug-likeness (QED) is 0.369. The maximum Gasteiger partial charge on any atom is 0.416 e. The summed E-state index contributed by atoms with van der Waals surface area (Å²) >= 11 is 0. The minimum absolute atomic E-state index is 0.537. The van der Waals surface area contributed by atoms with Gasteiger partial charge in [-0.25, -0.2) is 0 Å². The number of halogens is 3. The third-order valence-corrected chi connectivity index (χ3v) is 7.09. The van der Waals surface area contributed by atoms with E-state index in [4.69, 9.17) is 0 Å². The normalized spacial score (nSPS) is 13.3. The molecule has 0 heterocycles. The van der Waals surface area contributed by atoms with Crippen molar-refractivity contribution in [3.05, 3.63) is 29.8 Å². The summed E-state index contributed by atoms with van der Waals surface area (Å²) in [5, 5.41) is 1.15. The van der Waals surface area contributed by atoms with Gasteiger partial charge in [0.2, 0.25) is 0 Å². The lowest BCUT2D eigenvalue weighted by Gasteiger charge is -2.12. The van der Waals surface area contributed by atoms with E-state index in [1.54, 1.807) is 12.1 Å². The Hall–Kier alpha value is -0.773. The van der Waals surface area contributed by atoms with Crippen molar-refractivity contribution in [3.8, 4) is 0 Å². The SMILES string of the molecule is CCCCCCCCCC[SiH](C)c1ccc(C(F)(F)F)cc1. The lowest BCUT2D eigenvalue weighted by atomic mass is 10.1. The van der Waals surface area contributed by atoms with Crippen LogP contribution in [-0.2, 0) is 6.18 Å². The van der Waals surface area contributed by atoms with Gasteiger partial charge in [-0.3, -0.25) is 0 Å². The molecule has 1 rings (SSSR count). The molecular formula is C18H29F3Si. The molecule has 0 fully saturated rings. The first-order valence-electron chi connectivity index (χ1n) is 8.62. The van der Waals surface area contributed by atoms with Gasteiger partial charge in [0.25, 0.3) is 0 Å². The van der Waals surface area contributed by atoms with Crippen LogP contribution in [0.2, 0.25) is 12.6 Å². The topological polar surface area (TPSA) is 0 Å². The fourth-order valence-electron chi connectivity index (χ4n) is 2.75. The molecule has 4 heteroatoms. The molecule has 1 aromatic carbocycles. The summed E-state index contributed by atoms with van der Waals surface area (Å²) in [7, 11) is -1.07. The minimum Gasteiger partial charge on any atom is -0.166 e. The van der Waals surface area contributed by atoms with E-state index in [0.29, 0.717) is 0 Å². The van der Waals surface area contributed by atoms with E-state index in [1.807, 2.05) is 0 Å². The van der Waals surface area contributed by atoms with Crippen LogP contribution in [0, 0.1) is 0 Å². The molecule has 0 spiro atoms. The van der Waals surface area contributed by atoms with Crippen LogP contribution in [-0.4, -0.2) is 8.80 Å². The number of benzene rings is 1. The van der Waals surface area contributed by atoms with Crippen molar-refractivity contribution in [2.24, 2.45) is 0 Å². The van der Waals surface area contributed by atoms with E-state index in [1.165, 1.54) is 69.5 Å². The monoisotopic (exact) mass is 330 g/mol. The van der Waals surface area contributed by atoms with Gasteiger partial charge >= 0.3 is 6.18 Å². The zero-order chi connectivity index (χ0) is 16.4. The Morgan fingerprint density at radius 1 is 0.818 bits per heavy atom. The molecule has 1 atom stereocenters. The predicted molar refractivity (Wildman–Crippen MR) is 91.5 cm³/mol. The van der Waals surface area contributed by atoms with E-state index in [0.717, 1.165) is 5.19 Å². The summed E-state index contributed by atoms with van der Waals surface area (Å²) in [5.41, 5.74) is -0.537. The number of alkyl halides is 3. The summed E-state index contributed by atoms with van der Waals surface area (Å²) in [6.07, 6.45) is 6.24. The maximum absolute atomic E-state index is 12.5. The summed E-state index contributed by atoms with van der Waals surface area (Å²) in [5.74, 6) is 0. The average molecular weight is 331 g/mol. The van der Waals surface area contributed by atoms with E-state index in [-0.39, 0.29) is 0 Å². The Labute approximate surface area is 134 Å². The number of rotatable bonds is 10. The van der Waals surface area contributed by atoms with Crippen LogP contribution >= 0.6 is 0 Å². The van der Waals surface area contributed by atoms with Crippen molar-refractivity contribution < 1.29 is 13.2 Å². The highest BCUT2D eigenvalue weighted by Gasteiger charge is 2.30. The van der Waals surface area contributed by atoms with Gasteiger partial charge in [-0.15, -0.1) is 0 Å². The molecule has 0 radical (unpaired) electrons. The molecule has 1 aromatic rings. The second-order valence-electron chi connectivity index (χ2n) is 6.28. The molecule has 0 nitrogen and oxygen atoms in total. The van der Waals surface area contributed by atoms with Gasteiger partial charge in [0.05, 0.1) is 14.4 Å². The van der Waals surface area contributed by atoms with Crippen molar-refractivity contribution in [3.63, 3.8) is 0 Å². The van der Waals surface area contributed by atoms with Crippen LogP contribution in [0.1, 0.15) is 63.9 Å². The first kappa shape index (κ1) is 19.3. The number of hydrogen-bond donors (Lipinski definition) is 0. The molecule has 0 amide bonds. The minimum atomic E-state index is -4.22. The van der Waals surface area contributed by atoms with Gasteiger partial charge in [-0.05, 0) is 0 Å². The highest BCUT2D eigenvalue weighted by atomic mass is 28.3. The lowest BCUT2D eigenvalue weighted by molar-refractivity contribution is -0.137. The Morgan fingerprint density at radius 2 is 1.32 bits per heavy atom. The van der Waals surface area contributed by atoms with Crippen molar-refractivity contribution in [2.45, 2.75) is 77.1 Å². The molecular weight excluding hydrogens is 301 g/mol. The lowest BCUT2D eigenvalue weighted by Crippen LogP contribution is -2.26. The number of unbranched alkanes of at least 4 members (excludes halogenated alkanes) is 7. The van der Waals surface area contributed by atoms with Crippen molar-refractivity contribution in [1.29, 1.82) is 0 Å². The molecule has 0 aliphatic rings. The fraction of sp³-hybridized carbons (Fsp3) is 0.667. The zero-order valence-corrected chi connectivity index (χ0v) is 15.0. The molecule has 0 saturated carbocycles. The van der Waals surface area contributed by atoms with Gasteiger partial charge in [0.15, 0.2) is 0 Å². The van der Waals surface area contributed by atoms with E-state index in [9.17, 15) is 13.2 Å². The van der Waals surface area contributed by atoms with Gasteiger partial charge in [0.1, 0.15) is 0 Å². The second kappa shape index (κ2) is 10.1. The van der Waals surface area contributed by atoms with Crippen LogP contribution in [0.4, 0.5) is 13.2 Å². The van der Waals surface area contributed by atoms with Crippen LogP contribution in [0.3, 0.4) is 0 Å². The van der Waals surface area contributed by atoms with E-state index >= 15 is 0 Å². The third-order valence-electron chi connectivity index (χ3n) is 4.30. The van der Waals surface area contributed by atoms with Crippen molar-refractivity contribution >= 4 is 14.0 Å². The van der Waals surface area contributed by atoms with Crippen molar-refractivity contribution in [2.75, 3.05) is 0 Å². The summed E-state index contributed by atoms with van der Waals surface area (Å²) in [6, 6.07) is 7.02. The zero-order valence-electron chi connectivity index (χ0n) is 13.9. The Bertz CT molecular complexity index is 398. The molecule has 0 aromatic heterocycles. The van der Waals surface area contributed by atoms with E-state index < -0.39 is 20.5 Å². The highest BCUT2D eigenvalue weighted by Crippen LogP contribution is 2.28. The molecule has 0 aliphatic heterocycles. The van der Waals surface area contributed by atoms with Crippen LogP contribution in [0.5, 0.6) is 0 Å². The molecule has 1 unspecified atom stereocenters. The molecule has 22 heavy (non-hydrogen) atoms. The predicted octanol–water partition coefficient (Wildman–Crippen LogP) is 5.91. The first-order valence-corrected chi connectivity index (χ1v) is 11.2. The maximum atomic E-state index is 12.5. The van der Waals surface area contributed by atoms with Crippen molar-refractivity contribution in [1.82, 2.24) is 0 Å². The summed E-state index contributed by atoms with van der Waals surface area (Å²) in [6.45, 7) is 4.47. The smallest absolute Gasteiger partial charge is 0.166 e. The van der Waals surface area contributed by atoms with E-state index in [2.05, 4.69) is 13.5 Å². The van der Waals surface area contributed by atoms with Gasteiger partial charge in [-0.2, -0.15) is 13.2 Å². The summed E-state index contributed by atoms with van der Waals surface area (Å²) in [4.78, 5) is 0. The Balaban J connectivity index is 2.21. The molecule has 0 saturated heterocycles. The van der Waals surface area contributed by atoms with Crippen LogP contribution in [0.25, 0.3) is 0 Å². The van der Waals surface area contributed by atoms with Crippen LogP contribution < -0.4 is 5.19 Å². The third kappa shape index (κ3) is 7.48. The standard InChI is InChI=1S/C18H29F3Si/c1-3-4-5-6-7-8-9-10-15-22(2)17-13-11-16(12-14-17)18(19,20)21/h11-14,22H,3-10,15H2,1-2H3. The van der Waals surface area contributed by atoms with Gasteiger partial charge in [0, 0.05) is 0 Å². The largest absolute Gasteiger partial charge is 0.416 e. The fourth-order valence-corrected chi connectivity index (χ4v) is 4.84. The molecule has 0 aliphatic carbocycles. The first-order chi connectivity index (χ1) is 10.4. The highest BCUT2D eigenvalue weighted by molar-refractivity contribution is 6.71. The summed E-state index contributed by atoms with van der Waals surface area (Å²) < 4.78 is 37.6. The average Bonchev–Trinajstić information content (AvgIpc) is 2.49. The Kier molecular flexibility index (Phi) is 8.84.